The van der Waals surface area contributed by atoms with Gasteiger partial charge in [0.1, 0.15) is 0 Å². The molecule has 4 nitrogen and oxygen atoms in total. The minimum atomic E-state index is -1.18. The van der Waals surface area contributed by atoms with Gasteiger partial charge in [-0.15, -0.1) is 0 Å². The number of fused-ring (bicyclic) bond motifs is 1. The lowest BCUT2D eigenvalue weighted by Gasteiger charge is -2.61. The summed E-state index contributed by atoms with van der Waals surface area (Å²) >= 11 is 0. The molecular formula is C15H26O4. The van der Waals surface area contributed by atoms with Crippen LogP contribution in [0, 0.1) is 11.3 Å². The molecule has 2 aliphatic rings. The van der Waals surface area contributed by atoms with E-state index in [0.717, 1.165) is 0 Å². The van der Waals surface area contributed by atoms with Crippen molar-refractivity contribution >= 4 is 0 Å². The second-order valence-corrected chi connectivity index (χ2v) is 6.98. The van der Waals surface area contributed by atoms with E-state index < -0.39 is 28.8 Å². The van der Waals surface area contributed by atoms with E-state index in [2.05, 4.69) is 6.58 Å². The number of aliphatic hydroxyl groups is 4. The third-order valence-corrected chi connectivity index (χ3v) is 5.83. The number of hydrogen-bond donors (Lipinski definition) is 4. The first kappa shape index (κ1) is 15.0. The van der Waals surface area contributed by atoms with Crippen molar-refractivity contribution in [1.29, 1.82) is 0 Å². The van der Waals surface area contributed by atoms with Crippen LogP contribution in [0.15, 0.2) is 12.2 Å². The topological polar surface area (TPSA) is 80.9 Å². The molecule has 2 saturated carbocycles. The summed E-state index contributed by atoms with van der Waals surface area (Å²) in [6.07, 6.45) is -0.316. The predicted molar refractivity (Wildman–Crippen MR) is 72.5 cm³/mol. The van der Waals surface area contributed by atoms with Gasteiger partial charge < -0.3 is 20.4 Å². The lowest BCUT2D eigenvalue weighted by Crippen LogP contribution is -2.69. The second-order valence-electron chi connectivity index (χ2n) is 6.98. The van der Waals surface area contributed by atoms with Crippen LogP contribution < -0.4 is 0 Å². The van der Waals surface area contributed by atoms with Gasteiger partial charge in [-0.05, 0) is 37.7 Å². The predicted octanol–water partition coefficient (Wildman–Crippen LogP) is 0.976. The van der Waals surface area contributed by atoms with Crippen LogP contribution >= 0.6 is 0 Å². The molecule has 2 rings (SSSR count). The van der Waals surface area contributed by atoms with Gasteiger partial charge in [0.15, 0.2) is 0 Å². The van der Waals surface area contributed by atoms with Crippen LogP contribution in [0.5, 0.6) is 0 Å². The van der Waals surface area contributed by atoms with Gasteiger partial charge in [0.2, 0.25) is 0 Å². The Kier molecular flexibility index (Phi) is 3.38. The largest absolute Gasteiger partial charge is 0.390 e. The molecule has 0 aromatic carbocycles. The average Bonchev–Trinajstić information content (AvgIpc) is 2.31. The van der Waals surface area contributed by atoms with Crippen molar-refractivity contribution < 1.29 is 20.4 Å². The third-order valence-electron chi connectivity index (χ3n) is 5.83. The number of hydrogen-bond acceptors (Lipinski definition) is 4. The molecular weight excluding hydrogens is 244 g/mol. The SMILES string of the molecule is C=C(C)C1(O)CCC2(C)C(O)C(O)CC(C)C2(O)C1. The molecule has 0 aromatic rings. The highest BCUT2D eigenvalue weighted by atomic mass is 16.3. The van der Waals surface area contributed by atoms with Crippen LogP contribution in [0.1, 0.15) is 46.5 Å². The number of aliphatic hydroxyl groups excluding tert-OH is 2. The molecule has 0 radical (unpaired) electrons. The van der Waals surface area contributed by atoms with Crippen LogP contribution in [-0.4, -0.2) is 43.8 Å². The van der Waals surface area contributed by atoms with Crippen LogP contribution in [-0.2, 0) is 0 Å². The van der Waals surface area contributed by atoms with Gasteiger partial charge in [-0.25, -0.2) is 0 Å². The zero-order chi connectivity index (χ0) is 14.6. The fourth-order valence-electron chi connectivity index (χ4n) is 4.04. The van der Waals surface area contributed by atoms with E-state index in [9.17, 15) is 20.4 Å². The van der Waals surface area contributed by atoms with E-state index in [1.54, 1.807) is 6.92 Å². The molecule has 110 valence electrons. The normalized spacial score (nSPS) is 54.6. The smallest absolute Gasteiger partial charge is 0.0880 e. The summed E-state index contributed by atoms with van der Waals surface area (Å²) < 4.78 is 0. The van der Waals surface area contributed by atoms with Gasteiger partial charge in [-0.3, -0.25) is 0 Å². The lowest BCUT2D eigenvalue weighted by atomic mass is 9.49. The molecule has 6 atom stereocenters. The van der Waals surface area contributed by atoms with Gasteiger partial charge >= 0.3 is 0 Å². The molecule has 0 spiro atoms. The standard InChI is InChI=1S/C15H26O4/c1-9(2)14(18)6-5-13(4)12(17)11(16)7-10(3)15(13,19)8-14/h10-12,16-19H,1,5-8H2,2-4H3. The Morgan fingerprint density at radius 1 is 1.21 bits per heavy atom. The molecule has 2 aliphatic carbocycles. The lowest BCUT2D eigenvalue weighted by molar-refractivity contribution is -0.263. The molecule has 0 bridgehead atoms. The summed E-state index contributed by atoms with van der Waals surface area (Å²) in [6, 6.07) is 0. The van der Waals surface area contributed by atoms with Gasteiger partial charge in [-0.1, -0.05) is 20.4 Å². The highest BCUT2D eigenvalue weighted by molar-refractivity contribution is 5.21. The van der Waals surface area contributed by atoms with Crippen molar-refractivity contribution in [1.82, 2.24) is 0 Å². The number of rotatable bonds is 1. The van der Waals surface area contributed by atoms with Crippen LogP contribution in [0.3, 0.4) is 0 Å². The van der Waals surface area contributed by atoms with Crippen LogP contribution in [0.2, 0.25) is 0 Å². The van der Waals surface area contributed by atoms with Crippen molar-refractivity contribution in [3.63, 3.8) is 0 Å². The first-order valence-electron chi connectivity index (χ1n) is 7.04. The Balaban J connectivity index is 2.42. The first-order chi connectivity index (χ1) is 8.57. The average molecular weight is 270 g/mol. The summed E-state index contributed by atoms with van der Waals surface area (Å²) in [5, 5.41) is 42.0. The Labute approximate surface area is 114 Å². The second kappa shape index (κ2) is 4.29. The molecule has 0 saturated heterocycles. The highest BCUT2D eigenvalue weighted by Gasteiger charge is 2.64. The fourth-order valence-corrected chi connectivity index (χ4v) is 4.04. The maximum absolute atomic E-state index is 11.1. The Hall–Kier alpha value is -0.420. The highest BCUT2D eigenvalue weighted by Crippen LogP contribution is 2.58. The molecule has 4 N–H and O–H groups in total. The molecule has 19 heavy (non-hydrogen) atoms. The molecule has 6 unspecified atom stereocenters. The maximum Gasteiger partial charge on any atom is 0.0880 e. The fraction of sp³-hybridized carbons (Fsp3) is 0.867. The van der Waals surface area contributed by atoms with Crippen LogP contribution in [0.4, 0.5) is 0 Å². The van der Waals surface area contributed by atoms with Crippen molar-refractivity contribution in [2.75, 3.05) is 0 Å². The Morgan fingerprint density at radius 3 is 2.32 bits per heavy atom. The van der Waals surface area contributed by atoms with Gasteiger partial charge in [-0.2, -0.15) is 0 Å². The summed E-state index contributed by atoms with van der Waals surface area (Å²) in [5.41, 5.74) is -2.40. The maximum atomic E-state index is 11.1. The first-order valence-corrected chi connectivity index (χ1v) is 7.04. The molecule has 0 heterocycles. The van der Waals surface area contributed by atoms with Crippen LogP contribution in [0.25, 0.3) is 0 Å². The van der Waals surface area contributed by atoms with E-state index in [0.29, 0.717) is 24.8 Å². The zero-order valence-electron chi connectivity index (χ0n) is 12.1. The van der Waals surface area contributed by atoms with Crippen molar-refractivity contribution in [2.24, 2.45) is 11.3 Å². The quantitative estimate of drug-likeness (QED) is 0.535. The minimum Gasteiger partial charge on any atom is -0.390 e. The van der Waals surface area contributed by atoms with E-state index in [1.807, 2.05) is 13.8 Å². The molecule has 0 amide bonds. The molecule has 2 fully saturated rings. The molecule has 4 heteroatoms. The summed E-state index contributed by atoms with van der Waals surface area (Å²) in [6.45, 7) is 9.28. The van der Waals surface area contributed by atoms with Gasteiger partial charge in [0.05, 0.1) is 23.4 Å². The molecule has 0 aromatic heterocycles. The van der Waals surface area contributed by atoms with Gasteiger partial charge in [0, 0.05) is 11.8 Å². The third kappa shape index (κ3) is 1.88. The summed E-state index contributed by atoms with van der Waals surface area (Å²) in [4.78, 5) is 0. The zero-order valence-corrected chi connectivity index (χ0v) is 12.1. The summed E-state index contributed by atoms with van der Waals surface area (Å²) in [7, 11) is 0. The van der Waals surface area contributed by atoms with E-state index in [-0.39, 0.29) is 12.3 Å². The van der Waals surface area contributed by atoms with Gasteiger partial charge in [0.25, 0.3) is 0 Å². The van der Waals surface area contributed by atoms with Crippen molar-refractivity contribution in [2.45, 2.75) is 69.9 Å². The van der Waals surface area contributed by atoms with Crippen molar-refractivity contribution in [3.05, 3.63) is 12.2 Å². The minimum absolute atomic E-state index is 0.177. The van der Waals surface area contributed by atoms with Crippen molar-refractivity contribution in [3.8, 4) is 0 Å². The molecule has 0 aliphatic heterocycles. The Bertz CT molecular complexity index is 396. The van der Waals surface area contributed by atoms with E-state index in [4.69, 9.17) is 0 Å². The summed E-state index contributed by atoms with van der Waals surface area (Å²) in [5.74, 6) is -0.179. The Morgan fingerprint density at radius 2 is 1.79 bits per heavy atom. The van der Waals surface area contributed by atoms with E-state index >= 15 is 0 Å². The monoisotopic (exact) mass is 270 g/mol. The van der Waals surface area contributed by atoms with E-state index in [1.165, 1.54) is 0 Å².